The molecule has 2 unspecified atom stereocenters. The first-order chi connectivity index (χ1) is 5.60. The van der Waals surface area contributed by atoms with Gasteiger partial charge in [0.05, 0.1) is 0 Å². The minimum atomic E-state index is -0.732. The van der Waals surface area contributed by atoms with Gasteiger partial charge in [0.25, 0.3) is 0 Å². The first kappa shape index (κ1) is 11.0. The molecule has 66 valence electrons. The Morgan fingerprint density at radius 1 is 1.08 bits per heavy atom. The molecule has 12 heavy (non-hydrogen) atoms. The van der Waals surface area contributed by atoms with Gasteiger partial charge in [-0.2, -0.15) is 0 Å². The van der Waals surface area contributed by atoms with Crippen molar-refractivity contribution in [3.63, 3.8) is 0 Å². The average molecular weight is 166 g/mol. The van der Waals surface area contributed by atoms with Crippen LogP contribution in [-0.2, 0) is 0 Å². The molecule has 0 bridgehead atoms. The van der Waals surface area contributed by atoms with Crippen LogP contribution in [0.5, 0.6) is 0 Å². The number of hydrogen-bond donors (Lipinski definition) is 2. The van der Waals surface area contributed by atoms with Crippen LogP contribution in [0.15, 0.2) is 0 Å². The van der Waals surface area contributed by atoms with Crippen molar-refractivity contribution in [1.82, 2.24) is 0 Å². The van der Waals surface area contributed by atoms with E-state index in [-0.39, 0.29) is 5.92 Å². The molecule has 0 rings (SSSR count). The van der Waals surface area contributed by atoms with Gasteiger partial charge in [-0.25, -0.2) is 0 Å². The molecular formula is C10H14O2. The van der Waals surface area contributed by atoms with Crippen molar-refractivity contribution in [3.8, 4) is 24.7 Å². The maximum atomic E-state index is 9.04. The summed E-state index contributed by atoms with van der Waals surface area (Å²) in [5.74, 6) is 4.56. The van der Waals surface area contributed by atoms with Crippen LogP contribution < -0.4 is 0 Å². The third kappa shape index (κ3) is 4.79. The third-order valence-corrected chi connectivity index (χ3v) is 1.64. The predicted octanol–water partition coefficient (Wildman–Crippen LogP) is 0.391. The Hall–Kier alpha value is -0.960. The molecular weight excluding hydrogens is 152 g/mol. The van der Waals surface area contributed by atoms with Crippen LogP contribution in [0.2, 0.25) is 0 Å². The first-order valence-electron chi connectivity index (χ1n) is 3.88. The molecule has 2 atom stereocenters. The number of aliphatic hydroxyl groups is 2. The van der Waals surface area contributed by atoms with Gasteiger partial charge in [0.1, 0.15) is 12.2 Å². The molecule has 2 heteroatoms. The fourth-order valence-electron chi connectivity index (χ4n) is 0.995. The predicted molar refractivity (Wildman–Crippen MR) is 48.1 cm³/mol. The van der Waals surface area contributed by atoms with Crippen LogP contribution in [0.4, 0.5) is 0 Å². The van der Waals surface area contributed by atoms with Gasteiger partial charge in [0.15, 0.2) is 0 Å². The van der Waals surface area contributed by atoms with E-state index in [0.29, 0.717) is 12.8 Å². The fourth-order valence-corrected chi connectivity index (χ4v) is 0.995. The van der Waals surface area contributed by atoms with E-state index >= 15 is 0 Å². The topological polar surface area (TPSA) is 40.5 Å². The van der Waals surface area contributed by atoms with Crippen LogP contribution in [0.1, 0.15) is 19.8 Å². The Labute approximate surface area is 73.6 Å². The molecule has 0 heterocycles. The van der Waals surface area contributed by atoms with Crippen molar-refractivity contribution >= 4 is 0 Å². The van der Waals surface area contributed by atoms with Crippen molar-refractivity contribution < 1.29 is 10.2 Å². The average Bonchev–Trinajstić information content (AvgIpc) is 2.03. The standard InChI is InChI=1S/C10H14O2/c1-4-9(11)6-8(3)7-10(12)5-2/h1-2,8-12H,6-7H2,3H3. The van der Waals surface area contributed by atoms with Crippen molar-refractivity contribution in [2.75, 3.05) is 0 Å². The molecule has 0 aromatic rings. The van der Waals surface area contributed by atoms with E-state index in [0.717, 1.165) is 0 Å². The highest BCUT2D eigenvalue weighted by atomic mass is 16.3. The maximum Gasteiger partial charge on any atom is 0.114 e. The fraction of sp³-hybridized carbons (Fsp3) is 0.600. The summed E-state index contributed by atoms with van der Waals surface area (Å²) in [5, 5.41) is 18.1. The molecule has 2 N–H and O–H groups in total. The van der Waals surface area contributed by atoms with Crippen LogP contribution in [-0.4, -0.2) is 22.4 Å². The van der Waals surface area contributed by atoms with Gasteiger partial charge in [0, 0.05) is 0 Å². The van der Waals surface area contributed by atoms with Gasteiger partial charge in [-0.05, 0) is 18.8 Å². The minimum absolute atomic E-state index is 0.141. The minimum Gasteiger partial charge on any atom is -0.380 e. The van der Waals surface area contributed by atoms with E-state index in [1.54, 1.807) is 0 Å². The molecule has 0 aliphatic heterocycles. The van der Waals surface area contributed by atoms with E-state index in [1.165, 1.54) is 0 Å². The number of terminal acetylenes is 2. The van der Waals surface area contributed by atoms with E-state index in [4.69, 9.17) is 23.1 Å². The summed E-state index contributed by atoms with van der Waals surface area (Å²) in [6, 6.07) is 0. The zero-order valence-electron chi connectivity index (χ0n) is 7.20. The van der Waals surface area contributed by atoms with E-state index in [1.807, 2.05) is 6.92 Å². The van der Waals surface area contributed by atoms with E-state index < -0.39 is 12.2 Å². The second-order valence-electron chi connectivity index (χ2n) is 2.94. The Kier molecular flexibility index (Phi) is 5.21. The van der Waals surface area contributed by atoms with Gasteiger partial charge in [-0.15, -0.1) is 12.8 Å². The van der Waals surface area contributed by atoms with Crippen LogP contribution in [0, 0.1) is 30.6 Å². The summed E-state index contributed by atoms with van der Waals surface area (Å²) >= 11 is 0. The van der Waals surface area contributed by atoms with Crippen LogP contribution >= 0.6 is 0 Å². The smallest absolute Gasteiger partial charge is 0.114 e. The second-order valence-corrected chi connectivity index (χ2v) is 2.94. The maximum absolute atomic E-state index is 9.04. The Balaban J connectivity index is 3.69. The largest absolute Gasteiger partial charge is 0.380 e. The summed E-state index contributed by atoms with van der Waals surface area (Å²) in [4.78, 5) is 0. The molecule has 0 aliphatic rings. The molecule has 0 saturated carbocycles. The zero-order valence-corrected chi connectivity index (χ0v) is 7.20. The molecule has 0 aromatic carbocycles. The molecule has 0 fully saturated rings. The van der Waals surface area contributed by atoms with Crippen molar-refractivity contribution in [1.29, 1.82) is 0 Å². The molecule has 0 saturated heterocycles. The van der Waals surface area contributed by atoms with Crippen molar-refractivity contribution in [2.24, 2.45) is 5.92 Å². The molecule has 0 radical (unpaired) electrons. The normalized spacial score (nSPS) is 17.1. The lowest BCUT2D eigenvalue weighted by Crippen LogP contribution is -2.14. The molecule has 0 aliphatic carbocycles. The van der Waals surface area contributed by atoms with E-state index in [2.05, 4.69) is 11.8 Å². The zero-order chi connectivity index (χ0) is 9.56. The van der Waals surface area contributed by atoms with Gasteiger partial charge in [0.2, 0.25) is 0 Å². The SMILES string of the molecule is C#CC(O)CC(C)CC(O)C#C. The summed E-state index contributed by atoms with van der Waals surface area (Å²) in [6.45, 7) is 1.89. The Morgan fingerprint density at radius 3 is 1.67 bits per heavy atom. The van der Waals surface area contributed by atoms with Gasteiger partial charge in [-0.1, -0.05) is 18.8 Å². The second kappa shape index (κ2) is 5.66. The van der Waals surface area contributed by atoms with Gasteiger partial charge >= 0.3 is 0 Å². The summed E-state index contributed by atoms with van der Waals surface area (Å²) in [5.41, 5.74) is 0. The number of rotatable bonds is 4. The van der Waals surface area contributed by atoms with Crippen LogP contribution in [0.3, 0.4) is 0 Å². The Bertz CT molecular complexity index is 175. The first-order valence-corrected chi connectivity index (χ1v) is 3.88. The number of aliphatic hydroxyl groups excluding tert-OH is 2. The van der Waals surface area contributed by atoms with E-state index in [9.17, 15) is 0 Å². The lowest BCUT2D eigenvalue weighted by atomic mass is 9.97. The molecule has 0 aromatic heterocycles. The molecule has 0 spiro atoms. The van der Waals surface area contributed by atoms with Crippen LogP contribution in [0.25, 0.3) is 0 Å². The molecule has 0 amide bonds. The Morgan fingerprint density at radius 2 is 1.42 bits per heavy atom. The summed E-state index contributed by atoms with van der Waals surface area (Å²) < 4.78 is 0. The molecule has 2 nitrogen and oxygen atoms in total. The lowest BCUT2D eigenvalue weighted by molar-refractivity contribution is 0.160. The van der Waals surface area contributed by atoms with Gasteiger partial charge in [-0.3, -0.25) is 0 Å². The number of hydrogen-bond acceptors (Lipinski definition) is 2. The highest BCUT2D eigenvalue weighted by molar-refractivity contribution is 4.96. The highest BCUT2D eigenvalue weighted by Gasteiger charge is 2.11. The van der Waals surface area contributed by atoms with Crippen molar-refractivity contribution in [3.05, 3.63) is 0 Å². The van der Waals surface area contributed by atoms with Crippen molar-refractivity contribution in [2.45, 2.75) is 32.0 Å². The monoisotopic (exact) mass is 166 g/mol. The quantitative estimate of drug-likeness (QED) is 0.593. The lowest BCUT2D eigenvalue weighted by Gasteiger charge is -2.13. The van der Waals surface area contributed by atoms with Gasteiger partial charge < -0.3 is 10.2 Å². The summed E-state index contributed by atoms with van der Waals surface area (Å²) in [6.07, 6.45) is 9.46. The summed E-state index contributed by atoms with van der Waals surface area (Å²) in [7, 11) is 0. The third-order valence-electron chi connectivity index (χ3n) is 1.64. The highest BCUT2D eigenvalue weighted by Crippen LogP contribution is 2.12.